The predicted octanol–water partition coefficient (Wildman–Crippen LogP) is 1.38. The van der Waals surface area contributed by atoms with E-state index in [1.165, 1.54) is 25.3 Å². The van der Waals surface area contributed by atoms with Crippen molar-refractivity contribution in [3.05, 3.63) is 0 Å². The van der Waals surface area contributed by atoms with E-state index in [-0.39, 0.29) is 12.4 Å². The van der Waals surface area contributed by atoms with Crippen LogP contribution in [0.4, 0.5) is 0 Å². The van der Waals surface area contributed by atoms with E-state index in [1.807, 2.05) is 11.8 Å². The molecular weight excluding hydrogens is 154 g/mol. The largest absolute Gasteiger partial charge is 0.316 e. The van der Waals surface area contributed by atoms with Gasteiger partial charge in [-0.05, 0) is 37.4 Å². The molecular formula is C6H14ClNS. The minimum atomic E-state index is 0. The Labute approximate surface area is 67.4 Å². The Balaban J connectivity index is 0.000000640. The second-order valence-electron chi connectivity index (χ2n) is 2.31. The molecule has 1 saturated heterocycles. The van der Waals surface area contributed by atoms with Gasteiger partial charge in [-0.15, -0.1) is 12.4 Å². The van der Waals surface area contributed by atoms with Crippen LogP contribution in [0.3, 0.4) is 0 Å². The van der Waals surface area contributed by atoms with Crippen LogP contribution >= 0.6 is 24.2 Å². The van der Waals surface area contributed by atoms with Gasteiger partial charge in [0.2, 0.25) is 0 Å². The summed E-state index contributed by atoms with van der Waals surface area (Å²) in [5.74, 6) is 2.30. The molecule has 1 unspecified atom stereocenters. The molecule has 0 aromatic rings. The van der Waals surface area contributed by atoms with Gasteiger partial charge < -0.3 is 5.32 Å². The van der Waals surface area contributed by atoms with E-state index < -0.39 is 0 Å². The quantitative estimate of drug-likeness (QED) is 0.667. The molecule has 1 atom stereocenters. The Morgan fingerprint density at radius 2 is 2.44 bits per heavy atom. The number of hydrogen-bond donors (Lipinski definition) is 1. The van der Waals surface area contributed by atoms with E-state index in [2.05, 4.69) is 11.6 Å². The Morgan fingerprint density at radius 3 is 2.89 bits per heavy atom. The summed E-state index contributed by atoms with van der Waals surface area (Å²) in [6.45, 7) is 2.49. The first kappa shape index (κ1) is 9.60. The van der Waals surface area contributed by atoms with Gasteiger partial charge in [0.15, 0.2) is 0 Å². The van der Waals surface area contributed by atoms with Crippen LogP contribution < -0.4 is 5.32 Å². The molecule has 0 aromatic carbocycles. The fraction of sp³-hybridized carbons (Fsp3) is 1.00. The van der Waals surface area contributed by atoms with E-state index in [0.717, 1.165) is 5.92 Å². The zero-order valence-electron chi connectivity index (χ0n) is 5.72. The zero-order valence-corrected chi connectivity index (χ0v) is 7.36. The first-order valence-corrected chi connectivity index (χ1v) is 4.52. The van der Waals surface area contributed by atoms with Gasteiger partial charge in [0.05, 0.1) is 0 Å². The monoisotopic (exact) mass is 167 g/mol. The van der Waals surface area contributed by atoms with Gasteiger partial charge in [0.25, 0.3) is 0 Å². The summed E-state index contributed by atoms with van der Waals surface area (Å²) in [5.41, 5.74) is 0. The summed E-state index contributed by atoms with van der Waals surface area (Å²) >= 11 is 1.96. The third kappa shape index (κ3) is 3.33. The Bertz CT molecular complexity index is 64.1. The smallest absolute Gasteiger partial charge is 0.00122 e. The molecule has 56 valence electrons. The fourth-order valence-corrected chi connectivity index (χ4v) is 1.85. The molecule has 0 aromatic heterocycles. The second kappa shape index (κ2) is 5.39. The molecule has 0 amide bonds. The van der Waals surface area contributed by atoms with Crippen LogP contribution in [-0.2, 0) is 0 Å². The lowest BCUT2D eigenvalue weighted by atomic mass is 10.2. The van der Waals surface area contributed by atoms with Crippen LogP contribution in [0.5, 0.6) is 0 Å². The molecule has 9 heavy (non-hydrogen) atoms. The van der Waals surface area contributed by atoms with Crippen molar-refractivity contribution in [3.8, 4) is 0 Å². The first-order valence-electron chi connectivity index (χ1n) is 3.13. The van der Waals surface area contributed by atoms with Gasteiger partial charge in [0, 0.05) is 0 Å². The third-order valence-corrected chi connectivity index (χ3v) is 2.37. The topological polar surface area (TPSA) is 12.0 Å². The van der Waals surface area contributed by atoms with Crippen LogP contribution in [0.2, 0.25) is 0 Å². The van der Waals surface area contributed by atoms with Gasteiger partial charge in [0.1, 0.15) is 0 Å². The summed E-state index contributed by atoms with van der Waals surface area (Å²) in [6.07, 6.45) is 3.57. The fourth-order valence-electron chi connectivity index (χ4n) is 1.09. The highest BCUT2D eigenvalue weighted by Crippen LogP contribution is 2.11. The van der Waals surface area contributed by atoms with Crippen molar-refractivity contribution in [2.45, 2.75) is 6.42 Å². The lowest BCUT2D eigenvalue weighted by molar-refractivity contribution is 0.663. The molecule has 0 spiro atoms. The number of thioether (sulfide) groups is 1. The number of halogens is 1. The van der Waals surface area contributed by atoms with E-state index in [0.29, 0.717) is 0 Å². The van der Waals surface area contributed by atoms with Crippen molar-refractivity contribution in [2.75, 3.05) is 25.1 Å². The third-order valence-electron chi connectivity index (χ3n) is 1.56. The molecule has 1 heterocycles. The van der Waals surface area contributed by atoms with Crippen molar-refractivity contribution in [1.29, 1.82) is 0 Å². The molecule has 1 rings (SSSR count). The van der Waals surface area contributed by atoms with E-state index in [9.17, 15) is 0 Å². The van der Waals surface area contributed by atoms with Crippen LogP contribution in [0.1, 0.15) is 6.42 Å². The average molecular weight is 168 g/mol. The maximum Gasteiger partial charge on any atom is -0.00122 e. The Morgan fingerprint density at radius 1 is 1.67 bits per heavy atom. The van der Waals surface area contributed by atoms with Gasteiger partial charge in [-0.25, -0.2) is 0 Å². The van der Waals surface area contributed by atoms with Gasteiger partial charge in [-0.2, -0.15) is 11.8 Å². The van der Waals surface area contributed by atoms with Crippen LogP contribution in [-0.4, -0.2) is 25.1 Å². The van der Waals surface area contributed by atoms with Gasteiger partial charge >= 0.3 is 0 Å². The number of rotatable bonds is 2. The number of hydrogen-bond acceptors (Lipinski definition) is 2. The van der Waals surface area contributed by atoms with Crippen LogP contribution in [0, 0.1) is 5.92 Å². The summed E-state index contributed by atoms with van der Waals surface area (Å²) in [6, 6.07) is 0. The molecule has 1 fully saturated rings. The van der Waals surface area contributed by atoms with E-state index in [1.54, 1.807) is 0 Å². The van der Waals surface area contributed by atoms with Crippen LogP contribution in [0.15, 0.2) is 0 Å². The summed E-state index contributed by atoms with van der Waals surface area (Å²) in [7, 11) is 0. The molecule has 1 nitrogen and oxygen atoms in total. The highest BCUT2D eigenvalue weighted by atomic mass is 35.5. The van der Waals surface area contributed by atoms with Crippen LogP contribution in [0.25, 0.3) is 0 Å². The molecule has 0 bridgehead atoms. The van der Waals surface area contributed by atoms with Crippen molar-refractivity contribution >= 4 is 24.2 Å². The first-order chi connectivity index (χ1) is 3.93. The maximum absolute atomic E-state index is 3.34. The minimum absolute atomic E-state index is 0. The highest BCUT2D eigenvalue weighted by Gasteiger charge is 2.12. The minimum Gasteiger partial charge on any atom is -0.316 e. The molecule has 3 heteroatoms. The SMILES string of the molecule is CSCC1CCNC1.Cl. The summed E-state index contributed by atoms with van der Waals surface area (Å²) in [5, 5.41) is 3.34. The standard InChI is InChI=1S/C6H13NS.ClH/c1-8-5-6-2-3-7-4-6;/h6-7H,2-5H2,1H3;1H. The maximum atomic E-state index is 3.34. The normalized spacial score (nSPS) is 25.7. The van der Waals surface area contributed by atoms with Gasteiger partial charge in [-0.1, -0.05) is 0 Å². The highest BCUT2D eigenvalue weighted by molar-refractivity contribution is 7.98. The molecule has 1 aliphatic heterocycles. The van der Waals surface area contributed by atoms with Crippen molar-refractivity contribution < 1.29 is 0 Å². The second-order valence-corrected chi connectivity index (χ2v) is 3.22. The number of nitrogens with one attached hydrogen (secondary N) is 1. The Hall–Kier alpha value is 0.600. The van der Waals surface area contributed by atoms with Gasteiger partial charge in [-0.3, -0.25) is 0 Å². The molecule has 0 saturated carbocycles. The summed E-state index contributed by atoms with van der Waals surface area (Å²) < 4.78 is 0. The molecule has 0 radical (unpaired) electrons. The summed E-state index contributed by atoms with van der Waals surface area (Å²) in [4.78, 5) is 0. The zero-order chi connectivity index (χ0) is 5.82. The average Bonchev–Trinajstić information content (AvgIpc) is 2.19. The van der Waals surface area contributed by atoms with E-state index in [4.69, 9.17) is 0 Å². The predicted molar refractivity (Wildman–Crippen MR) is 46.6 cm³/mol. The van der Waals surface area contributed by atoms with E-state index >= 15 is 0 Å². The molecule has 1 N–H and O–H groups in total. The Kier molecular flexibility index (Phi) is 5.75. The molecule has 1 aliphatic rings. The van der Waals surface area contributed by atoms with Crippen molar-refractivity contribution in [2.24, 2.45) is 5.92 Å². The van der Waals surface area contributed by atoms with Crippen molar-refractivity contribution in [1.82, 2.24) is 5.32 Å². The lowest BCUT2D eigenvalue weighted by Gasteiger charge is -2.02. The van der Waals surface area contributed by atoms with Crippen molar-refractivity contribution in [3.63, 3.8) is 0 Å². The lowest BCUT2D eigenvalue weighted by Crippen LogP contribution is -2.10. The molecule has 0 aliphatic carbocycles.